The van der Waals surface area contributed by atoms with Crippen LogP contribution in [0.15, 0.2) is 48.5 Å². The lowest BCUT2D eigenvalue weighted by Crippen LogP contribution is -2.44. The van der Waals surface area contributed by atoms with Crippen LogP contribution in [0, 0.1) is 5.82 Å². The molecule has 29 heavy (non-hydrogen) atoms. The van der Waals surface area contributed by atoms with Crippen LogP contribution in [0.1, 0.15) is 53.1 Å². The maximum absolute atomic E-state index is 13.5. The van der Waals surface area contributed by atoms with Crippen molar-refractivity contribution < 1.29 is 14.0 Å². The summed E-state index contributed by atoms with van der Waals surface area (Å²) in [6.45, 7) is 1.30. The van der Waals surface area contributed by atoms with Gasteiger partial charge in [-0.3, -0.25) is 9.59 Å². The fourth-order valence-electron chi connectivity index (χ4n) is 5.02. The molecule has 1 saturated heterocycles. The fourth-order valence-corrected chi connectivity index (χ4v) is 5.02. The van der Waals surface area contributed by atoms with Crippen molar-refractivity contribution in [2.75, 3.05) is 27.2 Å². The second-order valence-electron chi connectivity index (χ2n) is 8.56. The predicted molar refractivity (Wildman–Crippen MR) is 110 cm³/mol. The Kier molecular flexibility index (Phi) is 5.15. The summed E-state index contributed by atoms with van der Waals surface area (Å²) in [6, 6.07) is 14.4. The van der Waals surface area contributed by atoms with Gasteiger partial charge >= 0.3 is 0 Å². The third kappa shape index (κ3) is 3.66. The second kappa shape index (κ2) is 7.62. The zero-order chi connectivity index (χ0) is 20.6. The van der Waals surface area contributed by atoms with Crippen LogP contribution in [0.4, 0.5) is 4.39 Å². The summed E-state index contributed by atoms with van der Waals surface area (Å²) in [4.78, 5) is 28.6. The largest absolute Gasteiger partial charge is 0.349 e. The molecule has 4 nitrogen and oxygen atoms in total. The van der Waals surface area contributed by atoms with E-state index in [4.69, 9.17) is 0 Å². The van der Waals surface area contributed by atoms with E-state index in [0.717, 1.165) is 19.3 Å². The number of fused-ring (bicyclic) bond motifs is 2. The number of amides is 2. The normalized spacial score (nSPS) is 19.8. The summed E-state index contributed by atoms with van der Waals surface area (Å²) in [5.41, 5.74) is 3.05. The number of halogens is 1. The summed E-state index contributed by atoms with van der Waals surface area (Å²) in [5, 5.41) is 0. The van der Waals surface area contributed by atoms with Crippen molar-refractivity contribution >= 4 is 11.8 Å². The van der Waals surface area contributed by atoms with E-state index in [1.807, 2.05) is 11.0 Å². The van der Waals surface area contributed by atoms with Crippen molar-refractivity contribution in [3.05, 3.63) is 71.0 Å². The maximum atomic E-state index is 13.5. The minimum atomic E-state index is -0.387. The summed E-state index contributed by atoms with van der Waals surface area (Å²) in [5.74, 6) is -0.112. The first-order valence-corrected chi connectivity index (χ1v) is 10.2. The van der Waals surface area contributed by atoms with Gasteiger partial charge in [-0.25, -0.2) is 4.39 Å². The number of benzene rings is 2. The number of carbonyl (C=O) groups is 2. The summed E-state index contributed by atoms with van der Waals surface area (Å²) < 4.78 is 13.5. The third-order valence-electron chi connectivity index (χ3n) is 6.61. The van der Waals surface area contributed by atoms with Gasteiger partial charge in [0.05, 0.1) is 0 Å². The highest BCUT2D eigenvalue weighted by molar-refractivity contribution is 5.94. The molecule has 0 bridgehead atoms. The average Bonchev–Trinajstić information content (AvgIpc) is 3.01. The zero-order valence-corrected chi connectivity index (χ0v) is 17.0. The molecule has 0 N–H and O–H groups in total. The van der Waals surface area contributed by atoms with E-state index in [9.17, 15) is 14.0 Å². The molecule has 0 radical (unpaired) electrons. The fraction of sp³-hybridized carbons (Fsp3) is 0.417. The Hall–Kier alpha value is -2.69. The molecule has 1 aliphatic heterocycles. The second-order valence-corrected chi connectivity index (χ2v) is 8.56. The Balaban J connectivity index is 1.52. The van der Waals surface area contributed by atoms with Crippen LogP contribution >= 0.6 is 0 Å². The Morgan fingerprint density at radius 3 is 2.52 bits per heavy atom. The molecule has 2 aromatic carbocycles. The van der Waals surface area contributed by atoms with Crippen LogP contribution in [0.25, 0.3) is 0 Å². The summed E-state index contributed by atoms with van der Waals surface area (Å²) in [7, 11) is 3.60. The third-order valence-corrected chi connectivity index (χ3v) is 6.61. The van der Waals surface area contributed by atoms with Crippen molar-refractivity contribution in [2.24, 2.45) is 0 Å². The van der Waals surface area contributed by atoms with Crippen molar-refractivity contribution in [3.8, 4) is 0 Å². The molecule has 1 heterocycles. The monoisotopic (exact) mass is 394 g/mol. The zero-order valence-electron chi connectivity index (χ0n) is 17.0. The molecule has 0 saturated carbocycles. The molecule has 1 atom stereocenters. The first-order chi connectivity index (χ1) is 13.9. The SMILES string of the molecule is CN(C)C(=O)CC1CC2(CCN(C(=O)c3cccc(F)c3)CC2)c2ccccc21. The van der Waals surface area contributed by atoms with E-state index in [-0.39, 0.29) is 29.0 Å². The molecule has 5 heteroatoms. The lowest BCUT2D eigenvalue weighted by Gasteiger charge is -2.40. The van der Waals surface area contributed by atoms with E-state index >= 15 is 0 Å². The van der Waals surface area contributed by atoms with Crippen LogP contribution in [-0.2, 0) is 10.2 Å². The van der Waals surface area contributed by atoms with Crippen LogP contribution in [0.2, 0.25) is 0 Å². The van der Waals surface area contributed by atoms with E-state index in [1.165, 1.54) is 23.3 Å². The van der Waals surface area contributed by atoms with Gasteiger partial charge in [-0.05, 0) is 59.9 Å². The van der Waals surface area contributed by atoms with Crippen LogP contribution < -0.4 is 0 Å². The Labute approximate surface area is 171 Å². The van der Waals surface area contributed by atoms with Gasteiger partial charge in [0.15, 0.2) is 0 Å². The number of piperidine rings is 1. The standard InChI is InChI=1S/C24H27FN2O2/c1-26(2)22(28)15-18-16-24(21-9-4-3-8-20(18)21)10-12-27(13-11-24)23(29)17-6-5-7-19(25)14-17/h3-9,14,18H,10-13,15-16H2,1-2H3. The topological polar surface area (TPSA) is 40.6 Å². The Morgan fingerprint density at radius 1 is 1.10 bits per heavy atom. The molecule has 1 fully saturated rings. The van der Waals surface area contributed by atoms with Crippen molar-refractivity contribution in [2.45, 2.75) is 37.0 Å². The first-order valence-electron chi connectivity index (χ1n) is 10.2. The minimum absolute atomic E-state index is 0.0204. The summed E-state index contributed by atoms with van der Waals surface area (Å²) >= 11 is 0. The number of carbonyl (C=O) groups excluding carboxylic acids is 2. The highest BCUT2D eigenvalue weighted by Crippen LogP contribution is 2.52. The number of rotatable bonds is 3. The highest BCUT2D eigenvalue weighted by Gasteiger charge is 2.46. The summed E-state index contributed by atoms with van der Waals surface area (Å²) in [6.07, 6.45) is 3.22. The van der Waals surface area contributed by atoms with Gasteiger partial charge in [-0.2, -0.15) is 0 Å². The van der Waals surface area contributed by atoms with Gasteiger partial charge in [-0.15, -0.1) is 0 Å². The molecule has 0 aromatic heterocycles. The molecule has 1 spiro atoms. The van der Waals surface area contributed by atoms with Crippen molar-refractivity contribution in [1.29, 1.82) is 0 Å². The van der Waals surface area contributed by atoms with Gasteiger partial charge in [0.2, 0.25) is 5.91 Å². The minimum Gasteiger partial charge on any atom is -0.349 e. The molecule has 2 aliphatic rings. The first kappa shape index (κ1) is 19.6. The molecule has 152 valence electrons. The average molecular weight is 394 g/mol. The Morgan fingerprint density at radius 2 is 1.83 bits per heavy atom. The number of likely N-dealkylation sites (tertiary alicyclic amines) is 1. The van der Waals surface area contributed by atoms with Gasteiger partial charge < -0.3 is 9.80 Å². The molecule has 4 rings (SSSR count). The number of hydrogen-bond donors (Lipinski definition) is 0. The van der Waals surface area contributed by atoms with Crippen molar-refractivity contribution in [3.63, 3.8) is 0 Å². The lowest BCUT2D eigenvalue weighted by atomic mass is 9.73. The van der Waals surface area contributed by atoms with E-state index in [0.29, 0.717) is 25.1 Å². The lowest BCUT2D eigenvalue weighted by molar-refractivity contribution is -0.129. The molecular formula is C24H27FN2O2. The predicted octanol–water partition coefficient (Wildman–Crippen LogP) is 3.97. The molecule has 2 aromatic rings. The van der Waals surface area contributed by atoms with Gasteiger partial charge in [-0.1, -0.05) is 30.3 Å². The van der Waals surface area contributed by atoms with Crippen LogP contribution in [0.5, 0.6) is 0 Å². The Bertz CT molecular complexity index is 932. The molecule has 1 aliphatic carbocycles. The van der Waals surface area contributed by atoms with Crippen LogP contribution in [-0.4, -0.2) is 48.8 Å². The molecule has 1 unspecified atom stereocenters. The van der Waals surface area contributed by atoms with Crippen LogP contribution in [0.3, 0.4) is 0 Å². The van der Waals surface area contributed by atoms with Crippen molar-refractivity contribution in [1.82, 2.24) is 9.80 Å². The smallest absolute Gasteiger partial charge is 0.253 e. The molecule has 2 amide bonds. The van der Waals surface area contributed by atoms with Gasteiger partial charge in [0, 0.05) is 39.2 Å². The van der Waals surface area contributed by atoms with E-state index in [2.05, 4.69) is 18.2 Å². The maximum Gasteiger partial charge on any atom is 0.253 e. The highest BCUT2D eigenvalue weighted by atomic mass is 19.1. The number of hydrogen-bond acceptors (Lipinski definition) is 2. The van der Waals surface area contributed by atoms with Gasteiger partial charge in [0.1, 0.15) is 5.82 Å². The quantitative estimate of drug-likeness (QED) is 0.791. The number of nitrogens with zero attached hydrogens (tertiary/aromatic N) is 2. The van der Waals surface area contributed by atoms with Gasteiger partial charge in [0.25, 0.3) is 5.91 Å². The molecular weight excluding hydrogens is 367 g/mol. The van der Waals surface area contributed by atoms with E-state index < -0.39 is 0 Å². The van der Waals surface area contributed by atoms with E-state index in [1.54, 1.807) is 31.1 Å².